The number of nitrogens with two attached hydrogens (primary N) is 1. The van der Waals surface area contributed by atoms with Gasteiger partial charge in [-0.15, -0.1) is 0 Å². The fraction of sp³-hybridized carbons (Fsp3) is 0.500. The summed E-state index contributed by atoms with van der Waals surface area (Å²) in [6.45, 7) is 2.61. The second-order valence-electron chi connectivity index (χ2n) is 4.05. The first-order valence-electron chi connectivity index (χ1n) is 5.38. The van der Waals surface area contributed by atoms with Gasteiger partial charge in [-0.1, -0.05) is 0 Å². The van der Waals surface area contributed by atoms with Crippen LogP contribution in [0, 0.1) is 5.92 Å². The van der Waals surface area contributed by atoms with E-state index in [4.69, 9.17) is 10.2 Å². The van der Waals surface area contributed by atoms with Crippen LogP contribution in [0.2, 0.25) is 0 Å². The molecule has 1 aliphatic rings. The predicted molar refractivity (Wildman–Crippen MR) is 59.0 cm³/mol. The van der Waals surface area contributed by atoms with Crippen molar-refractivity contribution in [1.29, 1.82) is 0 Å². The number of hydrogen-bond acceptors (Lipinski definition) is 6. The highest BCUT2D eigenvalue weighted by Crippen LogP contribution is 2.21. The van der Waals surface area contributed by atoms with Gasteiger partial charge in [-0.2, -0.15) is 4.98 Å². The maximum absolute atomic E-state index is 5.65. The summed E-state index contributed by atoms with van der Waals surface area (Å²) in [6.07, 6.45) is 4.18. The summed E-state index contributed by atoms with van der Waals surface area (Å²) in [5, 5.41) is 0. The summed E-state index contributed by atoms with van der Waals surface area (Å²) in [6, 6.07) is 0. The molecule has 0 bridgehead atoms. The van der Waals surface area contributed by atoms with Crippen LogP contribution in [0.15, 0.2) is 17.0 Å². The van der Waals surface area contributed by atoms with Crippen LogP contribution in [0.3, 0.4) is 0 Å². The fourth-order valence-electron chi connectivity index (χ4n) is 2.02. The Bertz CT molecular complexity index is 497. The number of fused-ring (bicyclic) bond motifs is 1. The second kappa shape index (κ2) is 3.71. The van der Waals surface area contributed by atoms with Crippen LogP contribution < -0.4 is 10.6 Å². The van der Waals surface area contributed by atoms with Crippen LogP contribution >= 0.6 is 0 Å². The van der Waals surface area contributed by atoms with Crippen molar-refractivity contribution in [2.24, 2.45) is 11.7 Å². The lowest BCUT2D eigenvalue weighted by Crippen LogP contribution is -2.24. The van der Waals surface area contributed by atoms with E-state index in [0.29, 0.717) is 23.1 Å². The largest absolute Gasteiger partial charge is 0.425 e. The van der Waals surface area contributed by atoms with Gasteiger partial charge in [0.1, 0.15) is 5.52 Å². The van der Waals surface area contributed by atoms with Crippen molar-refractivity contribution in [2.45, 2.75) is 6.42 Å². The topological polar surface area (TPSA) is 81.1 Å². The Morgan fingerprint density at radius 2 is 2.44 bits per heavy atom. The lowest BCUT2D eigenvalue weighted by atomic mass is 10.1. The summed E-state index contributed by atoms with van der Waals surface area (Å²) in [4.78, 5) is 14.7. The van der Waals surface area contributed by atoms with Crippen molar-refractivity contribution in [1.82, 2.24) is 15.0 Å². The van der Waals surface area contributed by atoms with Gasteiger partial charge in [0.2, 0.25) is 5.95 Å². The Hall–Kier alpha value is -1.69. The van der Waals surface area contributed by atoms with Gasteiger partial charge < -0.3 is 15.1 Å². The number of hydrogen-bond donors (Lipinski definition) is 1. The van der Waals surface area contributed by atoms with Crippen molar-refractivity contribution in [3.63, 3.8) is 0 Å². The Morgan fingerprint density at radius 1 is 1.50 bits per heavy atom. The van der Waals surface area contributed by atoms with Crippen LogP contribution in [-0.4, -0.2) is 34.6 Å². The normalized spacial score (nSPS) is 20.8. The molecule has 1 aliphatic heterocycles. The SMILES string of the molecule is NCC1CCN(c2ncc3ncoc3n2)C1. The molecule has 0 amide bonds. The standard InChI is InChI=1S/C10H13N5O/c11-3-7-1-2-15(5-7)10-12-4-8-9(14-10)16-6-13-8/h4,6-7H,1-3,5,11H2. The Labute approximate surface area is 92.5 Å². The van der Waals surface area contributed by atoms with Gasteiger partial charge in [-0.05, 0) is 18.9 Å². The molecule has 1 atom stereocenters. The molecule has 1 saturated heterocycles. The highest BCUT2D eigenvalue weighted by molar-refractivity contribution is 5.67. The van der Waals surface area contributed by atoms with E-state index in [-0.39, 0.29) is 0 Å². The average molecular weight is 219 g/mol. The Kier molecular flexibility index (Phi) is 2.21. The zero-order chi connectivity index (χ0) is 11.0. The molecule has 0 saturated carbocycles. The first-order chi connectivity index (χ1) is 7.86. The van der Waals surface area contributed by atoms with Crippen molar-refractivity contribution >= 4 is 17.2 Å². The molecule has 0 radical (unpaired) electrons. The third-order valence-corrected chi connectivity index (χ3v) is 2.98. The summed E-state index contributed by atoms with van der Waals surface area (Å²) in [5.41, 5.74) is 6.89. The molecule has 3 rings (SSSR count). The first-order valence-corrected chi connectivity index (χ1v) is 5.38. The molecule has 6 heteroatoms. The van der Waals surface area contributed by atoms with Gasteiger partial charge >= 0.3 is 0 Å². The molecule has 3 heterocycles. The van der Waals surface area contributed by atoms with E-state index in [1.165, 1.54) is 6.39 Å². The quantitative estimate of drug-likeness (QED) is 0.787. The Balaban J connectivity index is 1.88. The lowest BCUT2D eigenvalue weighted by molar-refractivity contribution is 0.588. The van der Waals surface area contributed by atoms with E-state index >= 15 is 0 Å². The lowest BCUT2D eigenvalue weighted by Gasteiger charge is -2.14. The number of nitrogens with zero attached hydrogens (tertiary/aromatic N) is 4. The van der Waals surface area contributed by atoms with E-state index in [1.807, 2.05) is 0 Å². The van der Waals surface area contributed by atoms with E-state index in [0.717, 1.165) is 26.1 Å². The molecule has 0 aromatic carbocycles. The van der Waals surface area contributed by atoms with Crippen LogP contribution in [0.5, 0.6) is 0 Å². The number of aromatic nitrogens is 3. The van der Waals surface area contributed by atoms with Crippen molar-refractivity contribution < 1.29 is 4.42 Å². The minimum absolute atomic E-state index is 0.543. The number of oxazole rings is 1. The van der Waals surface area contributed by atoms with Crippen LogP contribution in [0.4, 0.5) is 5.95 Å². The van der Waals surface area contributed by atoms with Gasteiger partial charge in [0.15, 0.2) is 6.39 Å². The summed E-state index contributed by atoms with van der Waals surface area (Å²) in [5.74, 6) is 1.26. The molecule has 2 aromatic heterocycles. The molecular weight excluding hydrogens is 206 g/mol. The van der Waals surface area contributed by atoms with Crippen LogP contribution in [0.1, 0.15) is 6.42 Å². The van der Waals surface area contributed by atoms with Gasteiger partial charge in [0.05, 0.1) is 6.20 Å². The molecule has 16 heavy (non-hydrogen) atoms. The average Bonchev–Trinajstić information content (AvgIpc) is 2.96. The van der Waals surface area contributed by atoms with Gasteiger partial charge in [-0.25, -0.2) is 9.97 Å². The van der Waals surface area contributed by atoms with E-state index in [2.05, 4.69) is 19.9 Å². The molecule has 1 fully saturated rings. The minimum atomic E-state index is 0.543. The molecule has 2 N–H and O–H groups in total. The van der Waals surface area contributed by atoms with Gasteiger partial charge in [0.25, 0.3) is 5.71 Å². The molecule has 1 unspecified atom stereocenters. The minimum Gasteiger partial charge on any atom is -0.425 e. The maximum Gasteiger partial charge on any atom is 0.251 e. The zero-order valence-corrected chi connectivity index (χ0v) is 8.83. The van der Waals surface area contributed by atoms with E-state index in [1.54, 1.807) is 6.20 Å². The number of anilines is 1. The Morgan fingerprint density at radius 3 is 3.25 bits per heavy atom. The number of rotatable bonds is 2. The molecule has 84 valence electrons. The first kappa shape index (κ1) is 9.53. The van der Waals surface area contributed by atoms with Gasteiger partial charge in [0, 0.05) is 13.1 Å². The molecule has 0 spiro atoms. The predicted octanol–water partition coefficient (Wildman–Crippen LogP) is 0.403. The van der Waals surface area contributed by atoms with Crippen molar-refractivity contribution in [3.05, 3.63) is 12.6 Å². The molecule has 0 aliphatic carbocycles. The third kappa shape index (κ3) is 1.51. The zero-order valence-electron chi connectivity index (χ0n) is 8.83. The molecule has 2 aromatic rings. The summed E-state index contributed by atoms with van der Waals surface area (Å²) < 4.78 is 5.16. The molecule has 6 nitrogen and oxygen atoms in total. The highest BCUT2D eigenvalue weighted by atomic mass is 16.3. The molecular formula is C10H13N5O. The monoisotopic (exact) mass is 219 g/mol. The highest BCUT2D eigenvalue weighted by Gasteiger charge is 2.23. The summed E-state index contributed by atoms with van der Waals surface area (Å²) in [7, 11) is 0. The smallest absolute Gasteiger partial charge is 0.251 e. The summed E-state index contributed by atoms with van der Waals surface area (Å²) >= 11 is 0. The van der Waals surface area contributed by atoms with E-state index in [9.17, 15) is 0 Å². The fourth-order valence-corrected chi connectivity index (χ4v) is 2.02. The maximum atomic E-state index is 5.65. The van der Waals surface area contributed by atoms with Crippen LogP contribution in [-0.2, 0) is 0 Å². The third-order valence-electron chi connectivity index (χ3n) is 2.98. The van der Waals surface area contributed by atoms with Crippen molar-refractivity contribution in [2.75, 3.05) is 24.5 Å². The van der Waals surface area contributed by atoms with Gasteiger partial charge in [-0.3, -0.25) is 0 Å². The van der Waals surface area contributed by atoms with Crippen molar-refractivity contribution in [3.8, 4) is 0 Å². The van der Waals surface area contributed by atoms with Crippen LogP contribution in [0.25, 0.3) is 11.2 Å². The second-order valence-corrected chi connectivity index (χ2v) is 4.05. The van der Waals surface area contributed by atoms with E-state index < -0.39 is 0 Å².